The van der Waals surface area contributed by atoms with E-state index < -0.39 is 0 Å². The number of para-hydroxylation sites is 1. The average Bonchev–Trinajstić information content (AvgIpc) is 2.46. The van der Waals surface area contributed by atoms with Crippen LogP contribution in [0.4, 0.5) is 11.4 Å². The third-order valence-electron chi connectivity index (χ3n) is 3.07. The third-order valence-corrected chi connectivity index (χ3v) is 3.07. The van der Waals surface area contributed by atoms with Gasteiger partial charge in [-0.3, -0.25) is 10.1 Å². The topological polar surface area (TPSA) is 64.4 Å². The first-order valence-electron chi connectivity index (χ1n) is 6.00. The highest BCUT2D eigenvalue weighted by Gasteiger charge is 2.16. The number of nitrogens with one attached hydrogen (secondary N) is 1. The van der Waals surface area contributed by atoms with Gasteiger partial charge in [-0.25, -0.2) is 0 Å². The summed E-state index contributed by atoms with van der Waals surface area (Å²) in [6.07, 6.45) is 0. The van der Waals surface area contributed by atoms with Crippen LogP contribution in [0.1, 0.15) is 0 Å². The van der Waals surface area contributed by atoms with Crippen LogP contribution in [0.3, 0.4) is 0 Å². The van der Waals surface area contributed by atoms with Crippen LogP contribution in [-0.2, 0) is 0 Å². The van der Waals surface area contributed by atoms with E-state index in [9.17, 15) is 10.1 Å². The van der Waals surface area contributed by atoms with Gasteiger partial charge in [0, 0.05) is 12.6 Å². The molecule has 0 saturated heterocycles. The lowest BCUT2D eigenvalue weighted by Gasteiger charge is -2.19. The zero-order valence-electron chi connectivity index (χ0n) is 10.1. The molecule has 96 valence electrons. The fourth-order valence-corrected chi connectivity index (χ4v) is 2.19. The fraction of sp³-hybridized carbons (Fsp3) is 0.143. The van der Waals surface area contributed by atoms with Crippen molar-refractivity contribution in [2.75, 3.05) is 18.5 Å². The lowest BCUT2D eigenvalue weighted by atomic mass is 10.0. The van der Waals surface area contributed by atoms with Gasteiger partial charge in [0.25, 0.3) is 5.69 Å². The smallest absolute Gasteiger partial charge is 0.277 e. The van der Waals surface area contributed by atoms with Crippen molar-refractivity contribution >= 4 is 11.4 Å². The van der Waals surface area contributed by atoms with E-state index in [-0.39, 0.29) is 10.6 Å². The van der Waals surface area contributed by atoms with Crippen LogP contribution in [0.15, 0.2) is 42.5 Å². The minimum atomic E-state index is -0.362. The maximum absolute atomic E-state index is 11.0. The second-order valence-corrected chi connectivity index (χ2v) is 4.26. The molecule has 0 atom stereocenters. The summed E-state index contributed by atoms with van der Waals surface area (Å²) < 4.78 is 5.50. The Bertz CT molecular complexity index is 640. The van der Waals surface area contributed by atoms with E-state index in [2.05, 4.69) is 5.32 Å². The molecule has 0 saturated carbocycles. The monoisotopic (exact) mass is 256 g/mol. The number of ether oxygens (including phenoxy) is 1. The van der Waals surface area contributed by atoms with E-state index in [1.165, 1.54) is 6.07 Å². The molecule has 0 aromatic heterocycles. The Kier molecular flexibility index (Phi) is 2.79. The first kappa shape index (κ1) is 11.5. The van der Waals surface area contributed by atoms with Crippen LogP contribution in [-0.4, -0.2) is 18.1 Å². The van der Waals surface area contributed by atoms with Gasteiger partial charge < -0.3 is 10.1 Å². The molecule has 1 N–H and O–H groups in total. The van der Waals surface area contributed by atoms with Crippen LogP contribution < -0.4 is 10.1 Å². The summed E-state index contributed by atoms with van der Waals surface area (Å²) >= 11 is 0. The summed E-state index contributed by atoms with van der Waals surface area (Å²) in [5.74, 6) is 0.786. The molecule has 3 rings (SSSR count). The molecule has 0 fully saturated rings. The fourth-order valence-electron chi connectivity index (χ4n) is 2.19. The summed E-state index contributed by atoms with van der Waals surface area (Å²) in [5, 5.41) is 14.3. The Morgan fingerprint density at radius 1 is 1.21 bits per heavy atom. The van der Waals surface area contributed by atoms with E-state index >= 15 is 0 Å². The Balaban J connectivity index is 2.10. The van der Waals surface area contributed by atoms with Gasteiger partial charge in [0.1, 0.15) is 12.4 Å². The van der Waals surface area contributed by atoms with Gasteiger partial charge in [-0.15, -0.1) is 0 Å². The number of nitrogens with zero attached hydrogens (tertiary/aromatic N) is 1. The van der Waals surface area contributed by atoms with Crippen molar-refractivity contribution in [1.82, 2.24) is 0 Å². The first-order valence-corrected chi connectivity index (χ1v) is 6.00. The molecule has 0 spiro atoms. The van der Waals surface area contributed by atoms with Crippen molar-refractivity contribution in [2.24, 2.45) is 0 Å². The molecule has 0 radical (unpaired) electrons. The second kappa shape index (κ2) is 4.61. The molecule has 0 aliphatic carbocycles. The quantitative estimate of drug-likeness (QED) is 0.662. The zero-order valence-corrected chi connectivity index (χ0v) is 10.1. The summed E-state index contributed by atoms with van der Waals surface area (Å²) in [4.78, 5) is 10.7. The molecule has 1 aliphatic heterocycles. The van der Waals surface area contributed by atoms with Crippen molar-refractivity contribution in [3.63, 3.8) is 0 Å². The summed E-state index contributed by atoms with van der Waals surface area (Å²) in [5.41, 5.74) is 2.41. The van der Waals surface area contributed by atoms with Crippen LogP contribution >= 0.6 is 0 Å². The van der Waals surface area contributed by atoms with Crippen LogP contribution in [0.2, 0.25) is 0 Å². The lowest BCUT2D eigenvalue weighted by Crippen LogP contribution is -2.17. The molecule has 1 heterocycles. The second-order valence-electron chi connectivity index (χ2n) is 4.26. The number of hydrogen-bond acceptors (Lipinski definition) is 4. The van der Waals surface area contributed by atoms with Crippen LogP contribution in [0, 0.1) is 10.1 Å². The van der Waals surface area contributed by atoms with Crippen molar-refractivity contribution in [1.29, 1.82) is 0 Å². The predicted molar refractivity (Wildman–Crippen MR) is 72.5 cm³/mol. The highest BCUT2D eigenvalue weighted by atomic mass is 16.6. The van der Waals surface area contributed by atoms with Crippen molar-refractivity contribution in [3.8, 4) is 16.9 Å². The van der Waals surface area contributed by atoms with Gasteiger partial charge in [-0.1, -0.05) is 18.2 Å². The van der Waals surface area contributed by atoms with Crippen LogP contribution in [0.5, 0.6) is 5.75 Å². The molecule has 0 unspecified atom stereocenters. The van der Waals surface area contributed by atoms with E-state index in [4.69, 9.17) is 4.74 Å². The predicted octanol–water partition coefficient (Wildman–Crippen LogP) is 3.07. The van der Waals surface area contributed by atoms with Gasteiger partial charge >= 0.3 is 0 Å². The minimum Gasteiger partial charge on any atom is -0.490 e. The van der Waals surface area contributed by atoms with Crippen molar-refractivity contribution in [2.45, 2.75) is 0 Å². The maximum atomic E-state index is 11.0. The van der Waals surface area contributed by atoms with Crippen molar-refractivity contribution in [3.05, 3.63) is 52.6 Å². The van der Waals surface area contributed by atoms with Gasteiger partial charge in [-0.05, 0) is 23.8 Å². The molecule has 1 aliphatic rings. The number of anilines is 1. The highest BCUT2D eigenvalue weighted by molar-refractivity contribution is 5.78. The molecular formula is C14H12N2O3. The zero-order chi connectivity index (χ0) is 13.2. The lowest BCUT2D eigenvalue weighted by molar-refractivity contribution is -0.384. The Hall–Kier alpha value is -2.56. The number of nitro benzene ring substituents is 1. The molecule has 0 bridgehead atoms. The maximum Gasteiger partial charge on any atom is 0.277 e. The number of nitro groups is 1. The average molecular weight is 256 g/mol. The standard InChI is InChI=1S/C14H12N2O3/c17-16(18)13-4-2-1-3-11(13)10-5-6-14-12(9-10)15-7-8-19-14/h1-6,9,15H,7-8H2. The number of hydrogen-bond donors (Lipinski definition) is 1. The van der Waals surface area contributed by atoms with Gasteiger partial charge in [0.05, 0.1) is 16.2 Å². The van der Waals surface area contributed by atoms with Gasteiger partial charge in [-0.2, -0.15) is 0 Å². The molecule has 2 aromatic carbocycles. The van der Waals surface area contributed by atoms with E-state index in [1.54, 1.807) is 18.2 Å². The summed E-state index contributed by atoms with van der Waals surface area (Å²) in [6.45, 7) is 1.38. The molecular weight excluding hydrogens is 244 g/mol. The van der Waals surface area contributed by atoms with Crippen molar-refractivity contribution < 1.29 is 9.66 Å². The highest BCUT2D eigenvalue weighted by Crippen LogP contribution is 2.35. The molecule has 2 aromatic rings. The Labute approximate surface area is 110 Å². The van der Waals surface area contributed by atoms with Gasteiger partial charge in [0.2, 0.25) is 0 Å². The van der Waals surface area contributed by atoms with E-state index in [1.807, 2.05) is 18.2 Å². The molecule has 5 nitrogen and oxygen atoms in total. The van der Waals surface area contributed by atoms with E-state index in [0.29, 0.717) is 12.2 Å². The first-order chi connectivity index (χ1) is 9.25. The van der Waals surface area contributed by atoms with E-state index in [0.717, 1.165) is 23.5 Å². The Morgan fingerprint density at radius 3 is 2.89 bits per heavy atom. The number of rotatable bonds is 2. The third kappa shape index (κ3) is 2.10. The summed E-state index contributed by atoms with van der Waals surface area (Å²) in [7, 11) is 0. The normalized spacial score (nSPS) is 13.1. The summed E-state index contributed by atoms with van der Waals surface area (Å²) in [6, 6.07) is 12.3. The largest absolute Gasteiger partial charge is 0.490 e. The molecule has 0 amide bonds. The SMILES string of the molecule is O=[N+]([O-])c1ccccc1-c1ccc2c(c1)NCCO2. The number of fused-ring (bicyclic) bond motifs is 1. The Morgan fingerprint density at radius 2 is 2.05 bits per heavy atom. The van der Waals surface area contributed by atoms with Gasteiger partial charge in [0.15, 0.2) is 0 Å². The molecule has 5 heteroatoms. The van der Waals surface area contributed by atoms with Crippen LogP contribution in [0.25, 0.3) is 11.1 Å². The molecule has 19 heavy (non-hydrogen) atoms. The number of benzene rings is 2. The minimum absolute atomic E-state index is 0.110.